The number of carbonyl (C=O) groups excluding carboxylic acids is 2. The fourth-order valence-electron chi connectivity index (χ4n) is 2.60. The molecule has 0 fully saturated rings. The van der Waals surface area contributed by atoms with Crippen LogP contribution in [0, 0.1) is 0 Å². The smallest absolute Gasteiger partial charge is 0.410 e. The molecular formula is C19H28N4O5S. The van der Waals surface area contributed by atoms with Crippen LogP contribution in [0.2, 0.25) is 0 Å². The molecule has 10 heteroatoms. The number of hydrogen-bond donors (Lipinski definition) is 1. The first-order valence-electron chi connectivity index (χ1n) is 9.28. The van der Waals surface area contributed by atoms with Crippen molar-refractivity contribution in [3.05, 3.63) is 36.2 Å². The first kappa shape index (κ1) is 22.8. The van der Waals surface area contributed by atoms with Crippen LogP contribution in [0.5, 0.6) is 0 Å². The number of hydrogen-bond acceptors (Lipinski definition) is 6. The van der Waals surface area contributed by atoms with Crippen LogP contribution in [0.25, 0.3) is 0 Å². The fourth-order valence-corrected chi connectivity index (χ4v) is 3.69. The van der Waals surface area contributed by atoms with Crippen molar-refractivity contribution in [2.75, 3.05) is 33.2 Å². The van der Waals surface area contributed by atoms with E-state index >= 15 is 0 Å². The molecule has 1 aromatic heterocycles. The van der Waals surface area contributed by atoms with Crippen molar-refractivity contribution in [1.82, 2.24) is 19.5 Å². The summed E-state index contributed by atoms with van der Waals surface area (Å²) in [5, 5.41) is 2.73. The van der Waals surface area contributed by atoms with Gasteiger partial charge < -0.3 is 15.0 Å². The highest BCUT2D eigenvalue weighted by atomic mass is 32.2. The van der Waals surface area contributed by atoms with Gasteiger partial charge in [0.15, 0.2) is 0 Å². The standard InChI is InChI=1S/C19H28N4O5S/c1-19(2,3)28-18(25)23-10-7-15(8-11-23)12-21-17(24)14-22(4)29(26,27)16-6-5-9-20-13-16/h5-7,9,13H,8,10-12,14H2,1-4H3,(H,21,24). The van der Waals surface area contributed by atoms with Crippen molar-refractivity contribution >= 4 is 22.0 Å². The quantitative estimate of drug-likeness (QED) is 0.691. The zero-order chi connectivity index (χ0) is 21.7. The average Bonchev–Trinajstić information content (AvgIpc) is 2.66. The number of amides is 2. The van der Waals surface area contributed by atoms with E-state index in [4.69, 9.17) is 4.74 Å². The van der Waals surface area contributed by atoms with E-state index < -0.39 is 21.5 Å². The van der Waals surface area contributed by atoms with Crippen LogP contribution >= 0.6 is 0 Å². The molecule has 0 saturated carbocycles. The van der Waals surface area contributed by atoms with Gasteiger partial charge in [-0.05, 0) is 39.3 Å². The molecule has 0 spiro atoms. The summed E-state index contributed by atoms with van der Waals surface area (Å²) in [6, 6.07) is 2.96. The first-order chi connectivity index (χ1) is 13.5. The lowest BCUT2D eigenvalue weighted by Gasteiger charge is -2.29. The van der Waals surface area contributed by atoms with Crippen LogP contribution in [0.3, 0.4) is 0 Å². The number of nitrogens with zero attached hydrogens (tertiary/aromatic N) is 3. The second-order valence-electron chi connectivity index (χ2n) is 7.77. The monoisotopic (exact) mass is 424 g/mol. The predicted octanol–water partition coefficient (Wildman–Crippen LogP) is 1.39. The molecule has 1 aliphatic heterocycles. The molecule has 2 heterocycles. The maximum atomic E-state index is 12.4. The number of rotatable bonds is 6. The van der Waals surface area contributed by atoms with Crippen molar-refractivity contribution in [1.29, 1.82) is 0 Å². The summed E-state index contributed by atoms with van der Waals surface area (Å²) in [5.74, 6) is -0.407. The van der Waals surface area contributed by atoms with Crippen LogP contribution in [-0.4, -0.2) is 73.4 Å². The molecule has 0 unspecified atom stereocenters. The van der Waals surface area contributed by atoms with Gasteiger partial charge in [0.25, 0.3) is 0 Å². The van der Waals surface area contributed by atoms with Crippen molar-refractivity contribution < 1.29 is 22.7 Å². The molecule has 0 bridgehead atoms. The molecule has 0 saturated heterocycles. The van der Waals surface area contributed by atoms with E-state index in [2.05, 4.69) is 10.3 Å². The Morgan fingerprint density at radius 1 is 1.34 bits per heavy atom. The van der Waals surface area contributed by atoms with Crippen LogP contribution in [-0.2, 0) is 19.6 Å². The predicted molar refractivity (Wildman–Crippen MR) is 108 cm³/mol. The van der Waals surface area contributed by atoms with Crippen molar-refractivity contribution in [2.24, 2.45) is 0 Å². The Morgan fingerprint density at radius 2 is 2.07 bits per heavy atom. The number of aromatic nitrogens is 1. The Bertz CT molecular complexity index is 862. The number of nitrogens with one attached hydrogen (secondary N) is 1. The van der Waals surface area contributed by atoms with E-state index in [1.54, 1.807) is 4.90 Å². The summed E-state index contributed by atoms with van der Waals surface area (Å²) in [6.45, 7) is 6.38. The van der Waals surface area contributed by atoms with Crippen molar-refractivity contribution in [2.45, 2.75) is 37.7 Å². The second-order valence-corrected chi connectivity index (χ2v) is 9.81. The third kappa shape index (κ3) is 6.82. The van der Waals surface area contributed by atoms with Crippen LogP contribution in [0.15, 0.2) is 41.1 Å². The van der Waals surface area contributed by atoms with Gasteiger partial charge in [-0.15, -0.1) is 0 Å². The molecule has 2 rings (SSSR count). The Hall–Kier alpha value is -2.46. The van der Waals surface area contributed by atoms with Gasteiger partial charge in [-0.2, -0.15) is 4.31 Å². The lowest BCUT2D eigenvalue weighted by Crippen LogP contribution is -2.41. The lowest BCUT2D eigenvalue weighted by molar-refractivity contribution is -0.120. The molecule has 0 atom stereocenters. The summed E-state index contributed by atoms with van der Waals surface area (Å²) in [6.07, 6.45) is 4.85. The van der Waals surface area contributed by atoms with Crippen molar-refractivity contribution in [3.8, 4) is 0 Å². The molecule has 1 aromatic rings. The molecule has 0 aromatic carbocycles. The van der Waals surface area contributed by atoms with Gasteiger partial charge in [-0.3, -0.25) is 9.78 Å². The summed E-state index contributed by atoms with van der Waals surface area (Å²) in [7, 11) is -2.42. The zero-order valence-corrected chi connectivity index (χ0v) is 18.0. The van der Waals surface area contributed by atoms with Crippen LogP contribution in [0.4, 0.5) is 4.79 Å². The SMILES string of the molecule is CN(CC(=O)NCC1=CCN(C(=O)OC(C)(C)C)CC1)S(=O)(=O)c1cccnc1. The Kier molecular flexibility index (Phi) is 7.37. The van der Waals surface area contributed by atoms with Gasteiger partial charge in [-0.1, -0.05) is 11.6 Å². The van der Waals surface area contributed by atoms with Gasteiger partial charge in [0.2, 0.25) is 15.9 Å². The van der Waals surface area contributed by atoms with E-state index in [1.807, 2.05) is 26.8 Å². The molecule has 1 N–H and O–H groups in total. The van der Waals surface area contributed by atoms with E-state index in [1.165, 1.54) is 31.6 Å². The highest BCUT2D eigenvalue weighted by Gasteiger charge is 2.25. The van der Waals surface area contributed by atoms with Crippen molar-refractivity contribution in [3.63, 3.8) is 0 Å². The molecular weight excluding hydrogens is 396 g/mol. The topological polar surface area (TPSA) is 109 Å². The maximum Gasteiger partial charge on any atom is 0.410 e. The highest BCUT2D eigenvalue weighted by Crippen LogP contribution is 2.15. The minimum absolute atomic E-state index is 0.0347. The van der Waals surface area contributed by atoms with E-state index in [9.17, 15) is 18.0 Å². The number of likely N-dealkylation sites (N-methyl/N-ethyl adjacent to an activating group) is 1. The Balaban J connectivity index is 1.82. The molecule has 0 radical (unpaired) electrons. The van der Waals surface area contributed by atoms with E-state index in [0.717, 1.165) is 9.88 Å². The summed E-state index contributed by atoms with van der Waals surface area (Å²) < 4.78 is 31.2. The van der Waals surface area contributed by atoms with Gasteiger partial charge >= 0.3 is 6.09 Å². The molecule has 29 heavy (non-hydrogen) atoms. The highest BCUT2D eigenvalue weighted by molar-refractivity contribution is 7.89. The van der Waals surface area contributed by atoms with Gasteiger partial charge in [0, 0.05) is 39.1 Å². The molecule has 0 aliphatic carbocycles. The number of carbonyl (C=O) groups is 2. The van der Waals surface area contributed by atoms with Gasteiger partial charge in [0.05, 0.1) is 6.54 Å². The fraction of sp³-hybridized carbons (Fsp3) is 0.526. The largest absolute Gasteiger partial charge is 0.444 e. The van der Waals surface area contributed by atoms with E-state index in [0.29, 0.717) is 26.1 Å². The van der Waals surface area contributed by atoms with E-state index in [-0.39, 0.29) is 17.5 Å². The van der Waals surface area contributed by atoms with Gasteiger partial charge in [0.1, 0.15) is 10.5 Å². The van der Waals surface area contributed by atoms with Crippen LogP contribution in [0.1, 0.15) is 27.2 Å². The third-order valence-corrected chi connectivity index (χ3v) is 5.96. The summed E-state index contributed by atoms with van der Waals surface area (Å²) in [4.78, 5) is 29.6. The zero-order valence-electron chi connectivity index (χ0n) is 17.2. The van der Waals surface area contributed by atoms with Gasteiger partial charge in [-0.25, -0.2) is 13.2 Å². The average molecular weight is 425 g/mol. The molecule has 1 aliphatic rings. The minimum atomic E-state index is -3.77. The molecule has 9 nitrogen and oxygen atoms in total. The summed E-state index contributed by atoms with van der Waals surface area (Å²) in [5.41, 5.74) is 0.438. The first-order valence-corrected chi connectivity index (χ1v) is 10.7. The number of ether oxygens (including phenoxy) is 1. The second kappa shape index (κ2) is 9.36. The number of pyridine rings is 1. The third-order valence-electron chi connectivity index (χ3n) is 4.18. The Morgan fingerprint density at radius 3 is 2.62 bits per heavy atom. The molecule has 2 amide bonds. The minimum Gasteiger partial charge on any atom is -0.444 e. The number of sulfonamides is 1. The maximum absolute atomic E-state index is 12.4. The Labute approximate surface area is 171 Å². The van der Waals surface area contributed by atoms with Crippen LogP contribution < -0.4 is 5.32 Å². The normalized spacial score (nSPS) is 15.1. The lowest BCUT2D eigenvalue weighted by atomic mass is 10.1. The molecule has 160 valence electrons. The summed E-state index contributed by atoms with van der Waals surface area (Å²) >= 11 is 0.